The number of halogens is 2. The number of ether oxygens (including phenoxy) is 1. The fourth-order valence-electron chi connectivity index (χ4n) is 2.65. The number of guanidine groups is 1. The van der Waals surface area contributed by atoms with Crippen LogP contribution in [0.5, 0.6) is 5.75 Å². The highest BCUT2D eigenvalue weighted by Crippen LogP contribution is 2.17. The molecule has 0 atom stereocenters. The topological polar surface area (TPSA) is 155 Å². The summed E-state index contributed by atoms with van der Waals surface area (Å²) in [6.45, 7) is 2.10. The van der Waals surface area contributed by atoms with Gasteiger partial charge in [-0.05, 0) is 37.0 Å². The van der Waals surface area contributed by atoms with Gasteiger partial charge in [0.2, 0.25) is 0 Å². The van der Waals surface area contributed by atoms with Crippen molar-refractivity contribution in [2.45, 2.75) is 19.3 Å². The van der Waals surface area contributed by atoms with Gasteiger partial charge < -0.3 is 38.8 Å². The number of unbranched alkanes of at least 4 members (excludes halogenated alkanes) is 1. The van der Waals surface area contributed by atoms with Gasteiger partial charge in [-0.15, -0.1) is 0 Å². The summed E-state index contributed by atoms with van der Waals surface area (Å²) in [6.07, 6.45) is 2.66. The lowest BCUT2D eigenvalue weighted by atomic mass is 10.1. The van der Waals surface area contributed by atoms with Crippen LogP contribution in [0.3, 0.4) is 0 Å². The maximum Gasteiger partial charge on any atom is 0.280 e. The average Bonchev–Trinajstić information content (AvgIpc) is 2.70. The quantitative estimate of drug-likeness (QED) is 0.134. The van der Waals surface area contributed by atoms with Gasteiger partial charge in [0.05, 0.1) is 21.1 Å². The third kappa shape index (κ3) is 10.1. The van der Waals surface area contributed by atoms with E-state index in [2.05, 4.69) is 53.6 Å². The van der Waals surface area contributed by atoms with Crippen LogP contribution in [-0.2, 0) is 6.42 Å². The van der Waals surface area contributed by atoms with Crippen LogP contribution < -0.4 is 39.7 Å². The van der Waals surface area contributed by atoms with Gasteiger partial charge in [-0.25, -0.2) is 9.97 Å². The van der Waals surface area contributed by atoms with E-state index in [4.69, 9.17) is 33.5 Å². The SMILES string of the molecule is C[N+](C)(C)CCOc1ccc(CCCCN=C(N)NC(=O)c2nc(Cl)c(N)nc2N)cc1.[Cl-]. The Hall–Kier alpha value is -2.82. The molecule has 10 nitrogen and oxygen atoms in total. The molecule has 182 valence electrons. The Balaban J connectivity index is 0.00000544. The third-order valence-electron chi connectivity index (χ3n) is 4.47. The van der Waals surface area contributed by atoms with Gasteiger partial charge in [0.25, 0.3) is 5.91 Å². The van der Waals surface area contributed by atoms with Crippen molar-refractivity contribution in [1.29, 1.82) is 0 Å². The van der Waals surface area contributed by atoms with Gasteiger partial charge >= 0.3 is 0 Å². The molecular formula is C21H32Cl2N8O2. The van der Waals surface area contributed by atoms with Crippen molar-refractivity contribution >= 4 is 35.1 Å². The van der Waals surface area contributed by atoms with Gasteiger partial charge in [0, 0.05) is 6.54 Å². The number of nitrogens with two attached hydrogens (primary N) is 3. The van der Waals surface area contributed by atoms with E-state index in [-0.39, 0.29) is 40.8 Å². The first kappa shape index (κ1) is 28.2. The first-order valence-electron chi connectivity index (χ1n) is 10.3. The minimum absolute atomic E-state index is 0. The van der Waals surface area contributed by atoms with Gasteiger partial charge in [0.15, 0.2) is 28.4 Å². The Labute approximate surface area is 205 Å². The second kappa shape index (κ2) is 13.0. The van der Waals surface area contributed by atoms with Crippen LogP contribution in [0.2, 0.25) is 5.15 Å². The number of quaternary nitrogens is 1. The molecule has 0 aliphatic rings. The van der Waals surface area contributed by atoms with Crippen molar-refractivity contribution in [1.82, 2.24) is 15.3 Å². The number of likely N-dealkylation sites (N-methyl/N-ethyl adjacent to an activating group) is 1. The molecule has 0 aliphatic heterocycles. The van der Waals surface area contributed by atoms with Crippen LogP contribution in [0, 0.1) is 0 Å². The van der Waals surface area contributed by atoms with Crippen LogP contribution >= 0.6 is 11.6 Å². The molecule has 2 aromatic rings. The summed E-state index contributed by atoms with van der Waals surface area (Å²) in [5.41, 5.74) is 18.0. The zero-order valence-corrected chi connectivity index (χ0v) is 20.7. The van der Waals surface area contributed by atoms with Crippen LogP contribution in [0.1, 0.15) is 28.9 Å². The number of nitrogens with one attached hydrogen (secondary N) is 1. The molecule has 0 saturated heterocycles. The maximum absolute atomic E-state index is 12.2. The Morgan fingerprint density at radius 3 is 2.42 bits per heavy atom. The number of aliphatic imine (C=N–C) groups is 1. The highest BCUT2D eigenvalue weighted by Gasteiger charge is 2.16. The highest BCUT2D eigenvalue weighted by molar-refractivity contribution is 6.31. The van der Waals surface area contributed by atoms with Gasteiger partial charge in [0.1, 0.15) is 18.9 Å². The third-order valence-corrected chi connectivity index (χ3v) is 4.75. The number of hydrogen-bond acceptors (Lipinski definition) is 7. The summed E-state index contributed by atoms with van der Waals surface area (Å²) in [6, 6.07) is 8.13. The second-order valence-electron chi connectivity index (χ2n) is 8.32. The fourth-order valence-corrected chi connectivity index (χ4v) is 2.78. The van der Waals surface area contributed by atoms with Crippen LogP contribution in [0.15, 0.2) is 29.3 Å². The number of benzene rings is 1. The van der Waals surface area contributed by atoms with Gasteiger partial charge in [-0.3, -0.25) is 15.1 Å². The molecule has 1 amide bonds. The molecule has 0 spiro atoms. The number of rotatable bonds is 10. The molecule has 1 aromatic heterocycles. The standard InChI is InChI=1S/C21H31ClN8O2.ClH/c1-30(2,3)12-13-32-15-9-7-14(8-10-15)6-4-5-11-26-21(25)29-20(31)16-18(23)28-19(24)17(22)27-16;/h7-10H,4-6,11-13H2,1-3H3,(H6-,23,24,25,26,28,29,31);1H. The fraction of sp³-hybridized carbons (Fsp3) is 0.429. The molecule has 1 heterocycles. The summed E-state index contributed by atoms with van der Waals surface area (Å²) in [4.78, 5) is 23.9. The van der Waals surface area contributed by atoms with Crippen LogP contribution in [0.4, 0.5) is 11.6 Å². The number of carbonyl (C=O) groups is 1. The molecule has 12 heteroatoms. The number of carbonyl (C=O) groups excluding carboxylic acids is 1. The summed E-state index contributed by atoms with van der Waals surface area (Å²) in [5, 5.41) is 2.31. The average molecular weight is 499 g/mol. The molecule has 0 unspecified atom stereocenters. The van der Waals surface area contributed by atoms with E-state index in [0.29, 0.717) is 13.2 Å². The summed E-state index contributed by atoms with van der Waals surface area (Å²) < 4.78 is 6.65. The van der Waals surface area contributed by atoms with Gasteiger partial charge in [-0.1, -0.05) is 23.7 Å². The molecule has 7 N–H and O–H groups in total. The molecule has 33 heavy (non-hydrogen) atoms. The number of amides is 1. The summed E-state index contributed by atoms with van der Waals surface area (Å²) in [5.74, 6) is 0.0100. The largest absolute Gasteiger partial charge is 1.00 e. The molecule has 0 saturated carbocycles. The van der Waals surface area contributed by atoms with Crippen LogP contribution in [-0.4, -0.2) is 67.2 Å². The first-order chi connectivity index (χ1) is 15.0. The number of aryl methyl sites for hydroxylation is 1. The lowest BCUT2D eigenvalue weighted by Gasteiger charge is -2.23. The Morgan fingerprint density at radius 2 is 1.79 bits per heavy atom. The minimum atomic E-state index is -0.651. The monoisotopic (exact) mass is 498 g/mol. The first-order valence-corrected chi connectivity index (χ1v) is 10.6. The van der Waals surface area contributed by atoms with Crippen molar-refractivity contribution in [3.63, 3.8) is 0 Å². The molecule has 2 rings (SSSR count). The zero-order chi connectivity index (χ0) is 23.7. The van der Waals surface area contributed by atoms with Gasteiger partial charge in [-0.2, -0.15) is 0 Å². The molecule has 0 fully saturated rings. The number of nitrogen functional groups attached to an aromatic ring is 2. The number of anilines is 2. The Morgan fingerprint density at radius 1 is 1.12 bits per heavy atom. The predicted octanol–water partition coefficient (Wildman–Crippen LogP) is -1.55. The van der Waals surface area contributed by atoms with E-state index in [9.17, 15) is 4.79 Å². The van der Waals surface area contributed by atoms with E-state index in [1.54, 1.807) is 0 Å². The van der Waals surface area contributed by atoms with Crippen LogP contribution in [0.25, 0.3) is 0 Å². The van der Waals surface area contributed by atoms with Crippen molar-refractivity contribution in [3.8, 4) is 5.75 Å². The Kier molecular flexibility index (Phi) is 11.1. The zero-order valence-electron chi connectivity index (χ0n) is 19.1. The number of nitrogens with zero attached hydrogens (tertiary/aromatic N) is 4. The molecular weight excluding hydrogens is 467 g/mol. The van der Waals surface area contributed by atoms with Crippen molar-refractivity contribution in [2.75, 3.05) is 52.3 Å². The van der Waals surface area contributed by atoms with E-state index in [1.807, 2.05) is 12.1 Å². The summed E-state index contributed by atoms with van der Waals surface area (Å²) >= 11 is 5.78. The lowest BCUT2D eigenvalue weighted by molar-refractivity contribution is -0.870. The molecule has 0 aliphatic carbocycles. The smallest absolute Gasteiger partial charge is 0.280 e. The van der Waals surface area contributed by atoms with Crippen molar-refractivity contribution < 1.29 is 26.4 Å². The normalized spacial score (nSPS) is 11.6. The number of aromatic nitrogens is 2. The minimum Gasteiger partial charge on any atom is -1.00 e. The van der Waals surface area contributed by atoms with Crippen molar-refractivity contribution in [3.05, 3.63) is 40.7 Å². The van der Waals surface area contributed by atoms with Crippen molar-refractivity contribution in [2.24, 2.45) is 10.7 Å². The second-order valence-corrected chi connectivity index (χ2v) is 8.68. The maximum atomic E-state index is 12.2. The van der Waals surface area contributed by atoms with E-state index < -0.39 is 5.91 Å². The highest BCUT2D eigenvalue weighted by atomic mass is 35.5. The van der Waals surface area contributed by atoms with E-state index >= 15 is 0 Å². The summed E-state index contributed by atoms with van der Waals surface area (Å²) in [7, 11) is 6.41. The lowest BCUT2D eigenvalue weighted by Crippen LogP contribution is -3.00. The predicted molar refractivity (Wildman–Crippen MR) is 128 cm³/mol. The number of hydrogen-bond donors (Lipinski definition) is 4. The molecule has 0 bridgehead atoms. The molecule has 1 aromatic carbocycles. The Bertz CT molecular complexity index is 947. The van der Waals surface area contributed by atoms with E-state index in [0.717, 1.165) is 36.0 Å². The van der Waals surface area contributed by atoms with E-state index in [1.165, 1.54) is 5.56 Å². The molecule has 0 radical (unpaired) electrons.